The Bertz CT molecular complexity index is 833. The lowest BCUT2D eigenvalue weighted by Gasteiger charge is -2.56. The van der Waals surface area contributed by atoms with Crippen molar-refractivity contribution < 1.29 is 14.3 Å². The van der Waals surface area contributed by atoms with Crippen molar-refractivity contribution in [1.29, 1.82) is 0 Å². The van der Waals surface area contributed by atoms with E-state index in [1.54, 1.807) is 0 Å². The summed E-state index contributed by atoms with van der Waals surface area (Å²) >= 11 is 0. The molecule has 0 saturated carbocycles. The average Bonchev–Trinajstić information content (AvgIpc) is 3.52. The maximum atomic E-state index is 13.9. The van der Waals surface area contributed by atoms with Crippen LogP contribution in [0.2, 0.25) is 0 Å². The van der Waals surface area contributed by atoms with Crippen LogP contribution in [0, 0.1) is 23.7 Å². The number of hydrogen-bond acceptors (Lipinski definition) is 5. The molecule has 5 saturated heterocycles. The largest absolute Gasteiger partial charge is 0.381 e. The first-order valence-electron chi connectivity index (χ1n) is 12.5. The molecule has 6 heterocycles. The second-order valence-corrected chi connectivity index (χ2v) is 10.6. The number of piperidine rings is 3. The molecule has 5 fully saturated rings. The topological polar surface area (TPSA) is 70.9 Å². The lowest BCUT2D eigenvalue weighted by molar-refractivity contribution is -0.165. The fraction of sp³-hybridized carbons (Fsp3) is 0.792. The van der Waals surface area contributed by atoms with Gasteiger partial charge in [-0.2, -0.15) is 5.10 Å². The Morgan fingerprint density at radius 3 is 2.66 bits per heavy atom. The number of ether oxygens (including phenoxy) is 1. The van der Waals surface area contributed by atoms with Gasteiger partial charge in [0, 0.05) is 75.3 Å². The molecule has 2 bridgehead atoms. The summed E-state index contributed by atoms with van der Waals surface area (Å²) in [4.78, 5) is 33.6. The molecule has 0 unspecified atom stereocenters. The summed E-state index contributed by atoms with van der Waals surface area (Å²) in [7, 11) is 0. The second-order valence-electron chi connectivity index (χ2n) is 10.6. The molecule has 2 amide bonds. The smallest absolute Gasteiger partial charge is 0.245 e. The van der Waals surface area contributed by atoms with E-state index in [1.165, 1.54) is 0 Å². The molecule has 1 aromatic rings. The molecule has 0 radical (unpaired) electrons. The van der Waals surface area contributed by atoms with Crippen LogP contribution < -0.4 is 0 Å². The van der Waals surface area contributed by atoms with Crippen LogP contribution in [0.25, 0.3) is 0 Å². The van der Waals surface area contributed by atoms with Gasteiger partial charge in [0.2, 0.25) is 11.8 Å². The first-order chi connectivity index (χ1) is 15.7. The molecule has 5 aliphatic heterocycles. The lowest BCUT2D eigenvalue weighted by atomic mass is 9.71. The van der Waals surface area contributed by atoms with Gasteiger partial charge in [-0.25, -0.2) is 0 Å². The molecular weight excluding hydrogens is 406 g/mol. The van der Waals surface area contributed by atoms with E-state index >= 15 is 0 Å². The summed E-state index contributed by atoms with van der Waals surface area (Å²) in [5.41, 5.74) is 0. The van der Waals surface area contributed by atoms with Gasteiger partial charge >= 0.3 is 0 Å². The molecule has 0 N–H and O–H groups in total. The summed E-state index contributed by atoms with van der Waals surface area (Å²) in [5.74, 6) is 2.13. The van der Waals surface area contributed by atoms with Crippen molar-refractivity contribution in [2.45, 2.75) is 50.7 Å². The molecule has 8 nitrogen and oxygen atoms in total. The van der Waals surface area contributed by atoms with E-state index < -0.39 is 0 Å². The third kappa shape index (κ3) is 3.65. The molecule has 0 spiro atoms. The van der Waals surface area contributed by atoms with Crippen molar-refractivity contribution in [3.8, 4) is 0 Å². The third-order valence-corrected chi connectivity index (χ3v) is 8.64. The quantitative estimate of drug-likeness (QED) is 0.684. The molecule has 6 rings (SSSR count). The van der Waals surface area contributed by atoms with Gasteiger partial charge in [-0.1, -0.05) is 0 Å². The first kappa shape index (κ1) is 20.7. The second kappa shape index (κ2) is 8.45. The minimum Gasteiger partial charge on any atom is -0.381 e. The Balaban J connectivity index is 1.18. The van der Waals surface area contributed by atoms with Gasteiger partial charge < -0.3 is 19.4 Å². The number of fused-ring (bicyclic) bond motifs is 5. The van der Waals surface area contributed by atoms with Gasteiger partial charge in [0.15, 0.2) is 0 Å². The predicted molar refractivity (Wildman–Crippen MR) is 118 cm³/mol. The van der Waals surface area contributed by atoms with Crippen molar-refractivity contribution in [2.24, 2.45) is 23.7 Å². The number of amides is 2. The molecule has 6 atom stereocenters. The fourth-order valence-corrected chi connectivity index (χ4v) is 7.20. The number of carbonyl (C=O) groups is 2. The highest BCUT2D eigenvalue weighted by molar-refractivity contribution is 5.89. The van der Waals surface area contributed by atoms with Crippen LogP contribution in [-0.2, 0) is 20.9 Å². The molecule has 32 heavy (non-hydrogen) atoms. The van der Waals surface area contributed by atoms with Gasteiger partial charge in [-0.15, -0.1) is 0 Å². The number of aryl methyl sites for hydroxylation is 1. The van der Waals surface area contributed by atoms with Gasteiger partial charge in [0.25, 0.3) is 0 Å². The van der Waals surface area contributed by atoms with E-state index in [9.17, 15) is 9.59 Å². The molecule has 1 aromatic heterocycles. The van der Waals surface area contributed by atoms with Crippen molar-refractivity contribution in [2.75, 3.05) is 45.9 Å². The van der Waals surface area contributed by atoms with Crippen LogP contribution >= 0.6 is 0 Å². The zero-order valence-electron chi connectivity index (χ0n) is 18.8. The minimum atomic E-state index is -0.266. The van der Waals surface area contributed by atoms with E-state index in [0.717, 1.165) is 78.2 Å². The van der Waals surface area contributed by atoms with Crippen LogP contribution in [0.15, 0.2) is 18.5 Å². The standard InChI is InChI=1S/C24H35N5O3/c30-22-5-1-4-21-17-10-18(12-26(11-17)7-3-9-28-8-2-6-25-28)23(29(21)22)24(31)27-13-19-15-32-16-20(19)14-27/h2,6,8,17-21,23H,1,3-5,7,9-16H2/t17-,18+,19-,20+,21+,23-/m1/s1. The molecule has 0 aliphatic carbocycles. The normalized spacial score (nSPS) is 36.9. The van der Waals surface area contributed by atoms with Crippen LogP contribution in [0.4, 0.5) is 0 Å². The number of nitrogens with zero attached hydrogens (tertiary/aromatic N) is 5. The van der Waals surface area contributed by atoms with Crippen molar-refractivity contribution >= 4 is 11.8 Å². The Labute approximate surface area is 189 Å². The first-order valence-corrected chi connectivity index (χ1v) is 12.5. The highest BCUT2D eigenvalue weighted by atomic mass is 16.5. The molecular formula is C24H35N5O3. The summed E-state index contributed by atoms with van der Waals surface area (Å²) in [6.45, 7) is 7.09. The zero-order valence-corrected chi connectivity index (χ0v) is 18.8. The average molecular weight is 442 g/mol. The SMILES string of the molecule is O=C([C@H]1[C@H]2C[C@H](CN(CCCn3cccn3)C2)[C@@H]2CCCC(=O)N21)N1C[C@H]2COC[C@H]2C1. The number of hydrogen-bond donors (Lipinski definition) is 0. The Morgan fingerprint density at radius 1 is 1.06 bits per heavy atom. The van der Waals surface area contributed by atoms with Gasteiger partial charge in [0.1, 0.15) is 6.04 Å². The van der Waals surface area contributed by atoms with E-state index in [4.69, 9.17) is 4.74 Å². The number of carbonyl (C=O) groups excluding carboxylic acids is 2. The lowest BCUT2D eigenvalue weighted by Crippen LogP contribution is -2.68. The van der Waals surface area contributed by atoms with Crippen LogP contribution in [0.3, 0.4) is 0 Å². The Morgan fingerprint density at radius 2 is 1.88 bits per heavy atom. The van der Waals surface area contributed by atoms with Gasteiger partial charge in [-0.05, 0) is 44.2 Å². The van der Waals surface area contributed by atoms with E-state index in [-0.39, 0.29) is 29.8 Å². The highest BCUT2D eigenvalue weighted by Crippen LogP contribution is 2.43. The zero-order chi connectivity index (χ0) is 21.7. The summed E-state index contributed by atoms with van der Waals surface area (Å²) < 4.78 is 7.61. The molecule has 174 valence electrons. The Kier molecular flexibility index (Phi) is 5.45. The highest BCUT2D eigenvalue weighted by Gasteiger charge is 2.53. The van der Waals surface area contributed by atoms with Crippen molar-refractivity contribution in [1.82, 2.24) is 24.5 Å². The maximum absolute atomic E-state index is 13.9. The summed E-state index contributed by atoms with van der Waals surface area (Å²) in [6.07, 6.45) is 8.61. The molecule has 0 aromatic carbocycles. The molecule has 8 heteroatoms. The monoisotopic (exact) mass is 441 g/mol. The van der Waals surface area contributed by atoms with E-state index in [0.29, 0.717) is 24.2 Å². The summed E-state index contributed by atoms with van der Waals surface area (Å²) in [6, 6.07) is 1.94. The van der Waals surface area contributed by atoms with E-state index in [1.807, 2.05) is 23.1 Å². The number of likely N-dealkylation sites (tertiary alicyclic amines) is 2. The van der Waals surface area contributed by atoms with Crippen molar-refractivity contribution in [3.63, 3.8) is 0 Å². The third-order valence-electron chi connectivity index (χ3n) is 8.64. The van der Waals surface area contributed by atoms with Gasteiger partial charge in [0.05, 0.1) is 13.2 Å². The van der Waals surface area contributed by atoms with E-state index in [2.05, 4.69) is 19.8 Å². The van der Waals surface area contributed by atoms with Crippen LogP contribution in [0.5, 0.6) is 0 Å². The summed E-state index contributed by atoms with van der Waals surface area (Å²) in [5, 5.41) is 4.32. The fourth-order valence-electron chi connectivity index (χ4n) is 7.20. The molecule has 5 aliphatic rings. The van der Waals surface area contributed by atoms with Crippen LogP contribution in [-0.4, -0.2) is 94.3 Å². The number of rotatable bonds is 5. The predicted octanol–water partition coefficient (Wildman–Crippen LogP) is 1.08. The maximum Gasteiger partial charge on any atom is 0.245 e. The number of aromatic nitrogens is 2. The van der Waals surface area contributed by atoms with Gasteiger partial charge in [-0.3, -0.25) is 14.3 Å². The van der Waals surface area contributed by atoms with Crippen LogP contribution in [0.1, 0.15) is 32.1 Å². The van der Waals surface area contributed by atoms with Crippen molar-refractivity contribution in [3.05, 3.63) is 18.5 Å². The minimum absolute atomic E-state index is 0.210. The Hall–Kier alpha value is -1.93.